The van der Waals surface area contributed by atoms with Crippen molar-refractivity contribution in [3.63, 3.8) is 0 Å². The summed E-state index contributed by atoms with van der Waals surface area (Å²) in [6.45, 7) is 3.22. The lowest BCUT2D eigenvalue weighted by molar-refractivity contribution is -0.131. The molecule has 0 saturated heterocycles. The van der Waals surface area contributed by atoms with Gasteiger partial charge in [-0.05, 0) is 30.7 Å². The van der Waals surface area contributed by atoms with Gasteiger partial charge in [0.1, 0.15) is 17.6 Å². The van der Waals surface area contributed by atoms with Crippen molar-refractivity contribution in [2.24, 2.45) is 0 Å². The highest BCUT2D eigenvalue weighted by Crippen LogP contribution is 2.29. The van der Waals surface area contributed by atoms with E-state index in [1.807, 2.05) is 37.3 Å². The van der Waals surface area contributed by atoms with Crippen molar-refractivity contribution in [1.29, 1.82) is 0 Å². The number of para-hydroxylation sites is 1. The minimum Gasteiger partial charge on any atom is -0.486 e. The molecular weight excluding hydrogens is 268 g/mol. The summed E-state index contributed by atoms with van der Waals surface area (Å²) in [5.41, 5.74) is 1.58. The first-order chi connectivity index (χ1) is 10.1. The molecule has 1 N–H and O–H groups in total. The lowest BCUT2D eigenvalue weighted by Gasteiger charge is -2.18. The van der Waals surface area contributed by atoms with Gasteiger partial charge in [-0.15, -0.1) is 0 Å². The standard InChI is InChI=1S/C17H18O4/c1-12(20-15-7-5-6-14(10-15)11-18)16-8-3-4-9-17(16)21-13(2)19/h3-10,12,18H,11H2,1-2H3. The number of carbonyl (C=O) groups is 1. The zero-order valence-corrected chi connectivity index (χ0v) is 12.1. The molecule has 1 unspecified atom stereocenters. The Hall–Kier alpha value is -2.33. The molecule has 0 heterocycles. The summed E-state index contributed by atoms with van der Waals surface area (Å²) in [4.78, 5) is 11.1. The second-order valence-electron chi connectivity index (χ2n) is 4.70. The molecule has 0 aliphatic rings. The molecule has 0 radical (unpaired) electrons. The zero-order chi connectivity index (χ0) is 15.2. The molecule has 0 aliphatic heterocycles. The van der Waals surface area contributed by atoms with Crippen LogP contribution in [-0.2, 0) is 11.4 Å². The van der Waals surface area contributed by atoms with Crippen LogP contribution in [0.5, 0.6) is 11.5 Å². The van der Waals surface area contributed by atoms with Crippen molar-refractivity contribution in [3.8, 4) is 11.5 Å². The van der Waals surface area contributed by atoms with Gasteiger partial charge in [-0.3, -0.25) is 4.79 Å². The summed E-state index contributed by atoms with van der Waals surface area (Å²) in [7, 11) is 0. The van der Waals surface area contributed by atoms with Gasteiger partial charge in [-0.2, -0.15) is 0 Å². The number of rotatable bonds is 5. The Labute approximate surface area is 123 Å². The normalized spacial score (nSPS) is 11.8. The number of hydrogen-bond donors (Lipinski definition) is 1. The molecule has 2 aromatic carbocycles. The van der Waals surface area contributed by atoms with Crippen molar-refractivity contribution < 1.29 is 19.4 Å². The molecule has 1 atom stereocenters. The Bertz CT molecular complexity index is 622. The van der Waals surface area contributed by atoms with E-state index >= 15 is 0 Å². The van der Waals surface area contributed by atoms with Gasteiger partial charge in [0, 0.05) is 12.5 Å². The van der Waals surface area contributed by atoms with E-state index in [1.165, 1.54) is 6.92 Å². The molecule has 0 aromatic heterocycles. The number of carbonyl (C=O) groups excluding carboxylic acids is 1. The molecule has 2 aromatic rings. The van der Waals surface area contributed by atoms with E-state index in [2.05, 4.69) is 0 Å². The summed E-state index contributed by atoms with van der Waals surface area (Å²) in [6, 6.07) is 14.5. The first-order valence-electron chi connectivity index (χ1n) is 6.74. The average Bonchev–Trinajstić information content (AvgIpc) is 2.47. The first-order valence-corrected chi connectivity index (χ1v) is 6.74. The molecule has 0 bridgehead atoms. The van der Waals surface area contributed by atoms with Crippen LogP contribution in [0.25, 0.3) is 0 Å². The summed E-state index contributed by atoms with van der Waals surface area (Å²) in [6.07, 6.45) is -0.283. The third kappa shape index (κ3) is 4.07. The van der Waals surface area contributed by atoms with Crippen molar-refractivity contribution in [1.82, 2.24) is 0 Å². The molecule has 2 rings (SSSR count). The Morgan fingerprint density at radius 2 is 1.95 bits per heavy atom. The highest BCUT2D eigenvalue weighted by atomic mass is 16.5. The van der Waals surface area contributed by atoms with E-state index in [0.717, 1.165) is 11.1 Å². The van der Waals surface area contributed by atoms with E-state index < -0.39 is 0 Å². The van der Waals surface area contributed by atoms with Crippen LogP contribution in [0.4, 0.5) is 0 Å². The zero-order valence-electron chi connectivity index (χ0n) is 12.1. The third-order valence-corrected chi connectivity index (χ3v) is 3.00. The van der Waals surface area contributed by atoms with E-state index in [0.29, 0.717) is 11.5 Å². The minimum absolute atomic E-state index is 0.0321. The molecule has 0 fully saturated rings. The van der Waals surface area contributed by atoms with Crippen LogP contribution in [0.3, 0.4) is 0 Å². The molecule has 4 nitrogen and oxygen atoms in total. The van der Waals surface area contributed by atoms with Crippen molar-refractivity contribution in [3.05, 3.63) is 59.7 Å². The lowest BCUT2D eigenvalue weighted by Crippen LogP contribution is -2.09. The molecule has 110 valence electrons. The van der Waals surface area contributed by atoms with Gasteiger partial charge >= 0.3 is 5.97 Å². The fraction of sp³-hybridized carbons (Fsp3) is 0.235. The molecule has 0 amide bonds. The van der Waals surface area contributed by atoms with Crippen LogP contribution in [0.2, 0.25) is 0 Å². The van der Waals surface area contributed by atoms with Crippen molar-refractivity contribution >= 4 is 5.97 Å². The summed E-state index contributed by atoms with van der Waals surface area (Å²) in [5, 5.41) is 9.14. The number of hydrogen-bond acceptors (Lipinski definition) is 4. The number of esters is 1. The topological polar surface area (TPSA) is 55.8 Å². The van der Waals surface area contributed by atoms with E-state index in [9.17, 15) is 4.79 Å². The van der Waals surface area contributed by atoms with Crippen LogP contribution in [0.15, 0.2) is 48.5 Å². The number of ether oxygens (including phenoxy) is 2. The predicted octanol–water partition coefficient (Wildman–Crippen LogP) is 3.24. The molecular formula is C17H18O4. The fourth-order valence-corrected chi connectivity index (χ4v) is 2.05. The van der Waals surface area contributed by atoms with Crippen LogP contribution in [-0.4, -0.2) is 11.1 Å². The van der Waals surface area contributed by atoms with Gasteiger partial charge in [0.15, 0.2) is 0 Å². The van der Waals surface area contributed by atoms with Crippen molar-refractivity contribution in [2.45, 2.75) is 26.6 Å². The van der Waals surface area contributed by atoms with Gasteiger partial charge in [0.05, 0.1) is 6.61 Å². The third-order valence-electron chi connectivity index (χ3n) is 3.00. The van der Waals surface area contributed by atoms with Crippen LogP contribution < -0.4 is 9.47 Å². The van der Waals surface area contributed by atoms with Crippen LogP contribution >= 0.6 is 0 Å². The Kier molecular flexibility index (Phi) is 4.95. The SMILES string of the molecule is CC(=O)Oc1ccccc1C(C)Oc1cccc(CO)c1. The Morgan fingerprint density at radius 1 is 1.19 bits per heavy atom. The van der Waals surface area contributed by atoms with Gasteiger partial charge in [-0.25, -0.2) is 0 Å². The molecule has 21 heavy (non-hydrogen) atoms. The molecule has 0 saturated carbocycles. The lowest BCUT2D eigenvalue weighted by atomic mass is 10.1. The Morgan fingerprint density at radius 3 is 2.67 bits per heavy atom. The summed E-state index contributed by atoms with van der Waals surface area (Å²) in [5.74, 6) is 0.791. The Balaban J connectivity index is 2.19. The molecule has 0 spiro atoms. The van der Waals surface area contributed by atoms with Gasteiger partial charge in [-0.1, -0.05) is 30.3 Å². The smallest absolute Gasteiger partial charge is 0.308 e. The van der Waals surface area contributed by atoms with Crippen LogP contribution in [0.1, 0.15) is 31.1 Å². The molecule has 0 aliphatic carbocycles. The summed E-state index contributed by atoms with van der Waals surface area (Å²) < 4.78 is 11.1. The number of benzene rings is 2. The average molecular weight is 286 g/mol. The number of aliphatic hydroxyl groups is 1. The minimum atomic E-state index is -0.364. The molecule has 4 heteroatoms. The maximum atomic E-state index is 11.1. The first kappa shape index (κ1) is 15.1. The highest BCUT2D eigenvalue weighted by molar-refractivity contribution is 5.69. The predicted molar refractivity (Wildman–Crippen MR) is 79.2 cm³/mol. The second kappa shape index (κ2) is 6.90. The van der Waals surface area contributed by atoms with E-state index in [-0.39, 0.29) is 18.7 Å². The van der Waals surface area contributed by atoms with Gasteiger partial charge < -0.3 is 14.6 Å². The van der Waals surface area contributed by atoms with E-state index in [4.69, 9.17) is 14.6 Å². The summed E-state index contributed by atoms with van der Waals surface area (Å²) >= 11 is 0. The van der Waals surface area contributed by atoms with Crippen LogP contribution in [0, 0.1) is 0 Å². The quantitative estimate of drug-likeness (QED) is 0.677. The fourth-order valence-electron chi connectivity index (χ4n) is 2.05. The number of aliphatic hydroxyl groups excluding tert-OH is 1. The maximum Gasteiger partial charge on any atom is 0.308 e. The van der Waals surface area contributed by atoms with E-state index in [1.54, 1.807) is 18.2 Å². The van der Waals surface area contributed by atoms with Gasteiger partial charge in [0.25, 0.3) is 0 Å². The second-order valence-corrected chi connectivity index (χ2v) is 4.70. The highest BCUT2D eigenvalue weighted by Gasteiger charge is 2.14. The largest absolute Gasteiger partial charge is 0.486 e. The van der Waals surface area contributed by atoms with Crippen molar-refractivity contribution in [2.75, 3.05) is 0 Å². The monoisotopic (exact) mass is 286 g/mol. The maximum absolute atomic E-state index is 11.1. The van der Waals surface area contributed by atoms with Gasteiger partial charge in [0.2, 0.25) is 0 Å².